The summed E-state index contributed by atoms with van der Waals surface area (Å²) in [6.45, 7) is 4.08. The third-order valence-electron chi connectivity index (χ3n) is 1.35. The highest BCUT2D eigenvalue weighted by atomic mass is 16.5. The van der Waals surface area contributed by atoms with Gasteiger partial charge in [-0.05, 0) is 13.3 Å². The summed E-state index contributed by atoms with van der Waals surface area (Å²) in [5, 5.41) is 0. The van der Waals surface area contributed by atoms with Gasteiger partial charge in [-0.1, -0.05) is 19.8 Å². The molecule has 0 bridgehead atoms. The lowest BCUT2D eigenvalue weighted by Crippen LogP contribution is -2.21. The van der Waals surface area contributed by atoms with E-state index < -0.39 is 12.0 Å². The molecule has 0 aromatic heterocycles. The van der Waals surface area contributed by atoms with E-state index in [0.717, 1.165) is 19.3 Å². The summed E-state index contributed by atoms with van der Waals surface area (Å²) in [6.07, 6.45) is 3.11. The SMILES string of the molecule is CCCCCOC(=O)C(C)[NH]. The van der Waals surface area contributed by atoms with Crippen molar-refractivity contribution in [2.24, 2.45) is 0 Å². The highest BCUT2D eigenvalue weighted by Crippen LogP contribution is 1.95. The van der Waals surface area contributed by atoms with E-state index in [-0.39, 0.29) is 0 Å². The van der Waals surface area contributed by atoms with Crippen molar-refractivity contribution in [1.82, 2.24) is 5.73 Å². The van der Waals surface area contributed by atoms with Crippen LogP contribution in [0.3, 0.4) is 0 Å². The highest BCUT2D eigenvalue weighted by molar-refractivity contribution is 5.74. The topological polar surface area (TPSA) is 50.1 Å². The molecule has 0 aliphatic rings. The Morgan fingerprint density at radius 1 is 1.55 bits per heavy atom. The Bertz CT molecular complexity index is 113. The molecule has 0 amide bonds. The molecule has 0 aromatic carbocycles. The monoisotopic (exact) mass is 158 g/mol. The van der Waals surface area contributed by atoms with Crippen LogP contribution in [0.1, 0.15) is 33.1 Å². The predicted octanol–water partition coefficient (Wildman–Crippen LogP) is 1.39. The zero-order valence-electron chi connectivity index (χ0n) is 7.22. The molecular formula is C8H16NO2. The molecule has 0 saturated heterocycles. The standard InChI is InChI=1S/C8H16NO2/c1-3-4-5-6-11-8(10)7(2)9/h7,9H,3-6H2,1-2H3. The molecule has 3 nitrogen and oxygen atoms in total. The number of unbranched alkanes of at least 4 members (excludes halogenated alkanes) is 2. The van der Waals surface area contributed by atoms with Crippen molar-refractivity contribution in [2.75, 3.05) is 6.61 Å². The van der Waals surface area contributed by atoms with E-state index in [0.29, 0.717) is 6.61 Å². The zero-order chi connectivity index (χ0) is 8.69. The Labute approximate surface area is 67.9 Å². The van der Waals surface area contributed by atoms with Gasteiger partial charge < -0.3 is 4.74 Å². The molecule has 1 radical (unpaired) electrons. The Morgan fingerprint density at radius 3 is 2.64 bits per heavy atom. The van der Waals surface area contributed by atoms with Crippen molar-refractivity contribution in [2.45, 2.75) is 39.2 Å². The van der Waals surface area contributed by atoms with Crippen molar-refractivity contribution in [1.29, 1.82) is 0 Å². The van der Waals surface area contributed by atoms with E-state index in [2.05, 4.69) is 6.92 Å². The minimum atomic E-state index is -0.739. The van der Waals surface area contributed by atoms with Crippen LogP contribution in [-0.4, -0.2) is 18.6 Å². The Balaban J connectivity index is 3.18. The van der Waals surface area contributed by atoms with Crippen LogP contribution < -0.4 is 5.73 Å². The first-order valence-corrected chi connectivity index (χ1v) is 4.06. The average molecular weight is 158 g/mol. The second-order valence-corrected chi connectivity index (χ2v) is 2.60. The van der Waals surface area contributed by atoms with Gasteiger partial charge in [0.15, 0.2) is 0 Å². The molecular weight excluding hydrogens is 142 g/mol. The number of esters is 1. The van der Waals surface area contributed by atoms with E-state index in [4.69, 9.17) is 10.5 Å². The van der Waals surface area contributed by atoms with Gasteiger partial charge in [-0.2, -0.15) is 0 Å². The Hall–Kier alpha value is -0.570. The summed E-state index contributed by atoms with van der Waals surface area (Å²) in [6, 6.07) is -0.739. The molecule has 0 heterocycles. The summed E-state index contributed by atoms with van der Waals surface area (Å²) < 4.78 is 4.78. The highest BCUT2D eigenvalue weighted by Gasteiger charge is 2.07. The lowest BCUT2D eigenvalue weighted by molar-refractivity contribution is -0.145. The number of ether oxygens (including phenoxy) is 1. The molecule has 1 atom stereocenters. The Morgan fingerprint density at radius 2 is 2.18 bits per heavy atom. The van der Waals surface area contributed by atoms with E-state index in [9.17, 15) is 4.79 Å². The summed E-state index contributed by atoms with van der Waals surface area (Å²) in [7, 11) is 0. The van der Waals surface area contributed by atoms with Crippen LogP contribution in [0, 0.1) is 0 Å². The number of hydrogen-bond acceptors (Lipinski definition) is 2. The van der Waals surface area contributed by atoms with Crippen molar-refractivity contribution < 1.29 is 9.53 Å². The molecule has 65 valence electrons. The van der Waals surface area contributed by atoms with Crippen LogP contribution >= 0.6 is 0 Å². The normalized spacial score (nSPS) is 12.6. The second-order valence-electron chi connectivity index (χ2n) is 2.60. The first-order valence-electron chi connectivity index (χ1n) is 4.06. The molecule has 3 heteroatoms. The summed E-state index contributed by atoms with van der Waals surface area (Å²) in [5.41, 5.74) is 6.99. The Kier molecular flexibility index (Phi) is 5.84. The lowest BCUT2D eigenvalue weighted by atomic mass is 10.3. The fraction of sp³-hybridized carbons (Fsp3) is 0.875. The van der Waals surface area contributed by atoms with Gasteiger partial charge in [-0.15, -0.1) is 0 Å². The molecule has 1 unspecified atom stereocenters. The molecule has 0 aliphatic carbocycles. The maximum absolute atomic E-state index is 10.7. The number of rotatable bonds is 5. The molecule has 1 N–H and O–H groups in total. The zero-order valence-corrected chi connectivity index (χ0v) is 7.22. The maximum Gasteiger partial charge on any atom is 0.324 e. The lowest BCUT2D eigenvalue weighted by Gasteiger charge is -2.04. The number of carbonyl (C=O) groups excluding carboxylic acids is 1. The van der Waals surface area contributed by atoms with E-state index in [1.807, 2.05) is 0 Å². The molecule has 0 fully saturated rings. The quantitative estimate of drug-likeness (QED) is 0.448. The molecule has 0 spiro atoms. The minimum Gasteiger partial charge on any atom is -0.464 e. The van der Waals surface area contributed by atoms with Gasteiger partial charge in [0.2, 0.25) is 0 Å². The molecule has 0 aromatic rings. The van der Waals surface area contributed by atoms with Gasteiger partial charge in [-0.3, -0.25) is 4.79 Å². The minimum absolute atomic E-state index is 0.416. The van der Waals surface area contributed by atoms with Gasteiger partial charge in [0.05, 0.1) is 6.61 Å². The van der Waals surface area contributed by atoms with Crippen LogP contribution in [0.5, 0.6) is 0 Å². The smallest absolute Gasteiger partial charge is 0.324 e. The molecule has 0 saturated carbocycles. The number of hydrogen-bond donors (Lipinski definition) is 0. The van der Waals surface area contributed by atoms with E-state index in [1.54, 1.807) is 0 Å². The third-order valence-corrected chi connectivity index (χ3v) is 1.35. The van der Waals surface area contributed by atoms with Crippen LogP contribution in [0.15, 0.2) is 0 Å². The van der Waals surface area contributed by atoms with Crippen molar-refractivity contribution in [3.8, 4) is 0 Å². The van der Waals surface area contributed by atoms with Crippen LogP contribution in [0.2, 0.25) is 0 Å². The first-order chi connectivity index (χ1) is 5.18. The largest absolute Gasteiger partial charge is 0.464 e. The number of nitrogens with one attached hydrogen (secondary N) is 1. The van der Waals surface area contributed by atoms with Gasteiger partial charge in [0.25, 0.3) is 0 Å². The fourth-order valence-electron chi connectivity index (χ4n) is 0.650. The van der Waals surface area contributed by atoms with Crippen molar-refractivity contribution in [3.63, 3.8) is 0 Å². The summed E-state index contributed by atoms with van der Waals surface area (Å²) in [5.74, 6) is -0.416. The van der Waals surface area contributed by atoms with Crippen LogP contribution in [0.4, 0.5) is 0 Å². The summed E-state index contributed by atoms with van der Waals surface area (Å²) in [4.78, 5) is 10.7. The molecule has 11 heavy (non-hydrogen) atoms. The average Bonchev–Trinajstić information content (AvgIpc) is 1.97. The van der Waals surface area contributed by atoms with Crippen molar-refractivity contribution in [3.05, 3.63) is 0 Å². The molecule has 0 aliphatic heterocycles. The summed E-state index contributed by atoms with van der Waals surface area (Å²) >= 11 is 0. The van der Waals surface area contributed by atoms with Crippen LogP contribution in [0.25, 0.3) is 0 Å². The maximum atomic E-state index is 10.7. The second kappa shape index (κ2) is 6.16. The fourth-order valence-corrected chi connectivity index (χ4v) is 0.650. The third kappa shape index (κ3) is 5.85. The van der Waals surface area contributed by atoms with E-state index >= 15 is 0 Å². The van der Waals surface area contributed by atoms with Gasteiger partial charge >= 0.3 is 5.97 Å². The number of carbonyl (C=O) groups is 1. The predicted molar refractivity (Wildman–Crippen MR) is 43.0 cm³/mol. The van der Waals surface area contributed by atoms with Crippen molar-refractivity contribution >= 4 is 5.97 Å². The molecule has 0 rings (SSSR count). The van der Waals surface area contributed by atoms with Crippen LogP contribution in [-0.2, 0) is 9.53 Å². The van der Waals surface area contributed by atoms with Gasteiger partial charge in [-0.25, -0.2) is 5.73 Å². The first kappa shape index (κ1) is 10.4. The van der Waals surface area contributed by atoms with Gasteiger partial charge in [0.1, 0.15) is 6.04 Å². The van der Waals surface area contributed by atoms with Gasteiger partial charge in [0, 0.05) is 0 Å². The van der Waals surface area contributed by atoms with E-state index in [1.165, 1.54) is 6.92 Å².